The molecule has 0 unspecified atom stereocenters. The summed E-state index contributed by atoms with van der Waals surface area (Å²) in [5, 5.41) is 9.42. The van der Waals surface area contributed by atoms with Crippen molar-refractivity contribution in [2.75, 3.05) is 13.4 Å². The number of hydrogen-bond donors (Lipinski definition) is 1. The van der Waals surface area contributed by atoms with Crippen molar-refractivity contribution in [3.63, 3.8) is 0 Å². The van der Waals surface area contributed by atoms with Gasteiger partial charge < -0.3 is 9.84 Å². The van der Waals surface area contributed by atoms with Gasteiger partial charge in [0.05, 0.1) is 17.6 Å². The zero-order chi connectivity index (χ0) is 14.5. The molecule has 104 valence electrons. The van der Waals surface area contributed by atoms with E-state index >= 15 is 0 Å². The van der Waals surface area contributed by atoms with Crippen LogP contribution in [0, 0.1) is 0 Å². The van der Waals surface area contributed by atoms with Crippen LogP contribution in [0.5, 0.6) is 5.75 Å². The van der Waals surface area contributed by atoms with Crippen molar-refractivity contribution in [1.29, 1.82) is 0 Å². The van der Waals surface area contributed by atoms with E-state index in [-0.39, 0.29) is 0 Å². The lowest BCUT2D eigenvalue weighted by molar-refractivity contribution is 0.0689. The lowest BCUT2D eigenvalue weighted by Gasteiger charge is -2.11. The molecule has 0 radical (unpaired) electrons. The zero-order valence-electron chi connectivity index (χ0n) is 11.1. The Morgan fingerprint density at radius 3 is 2.35 bits per heavy atom. The van der Waals surface area contributed by atoms with Crippen molar-refractivity contribution in [3.8, 4) is 5.75 Å². The molecule has 0 aliphatic carbocycles. The van der Waals surface area contributed by atoms with Crippen LogP contribution < -0.4 is 4.74 Å². The van der Waals surface area contributed by atoms with Crippen LogP contribution in [0.15, 0.2) is 57.2 Å². The van der Waals surface area contributed by atoms with E-state index in [2.05, 4.69) is 0 Å². The van der Waals surface area contributed by atoms with E-state index in [1.165, 1.54) is 23.5 Å². The van der Waals surface area contributed by atoms with E-state index in [1.807, 2.05) is 48.7 Å². The Hall–Kier alpha value is -1.59. The minimum atomic E-state index is -0.910. The van der Waals surface area contributed by atoms with Gasteiger partial charge in [0.15, 0.2) is 0 Å². The molecule has 2 rings (SSSR count). The highest BCUT2D eigenvalue weighted by molar-refractivity contribution is 8.00. The molecule has 1 N–H and O–H groups in total. The van der Waals surface area contributed by atoms with Gasteiger partial charge in [0.1, 0.15) is 5.75 Å². The van der Waals surface area contributed by atoms with Crippen molar-refractivity contribution in [2.24, 2.45) is 0 Å². The summed E-state index contributed by atoms with van der Waals surface area (Å²) in [5.74, 6) is -0.171. The fourth-order valence-electron chi connectivity index (χ4n) is 1.80. The molecule has 0 saturated heterocycles. The van der Waals surface area contributed by atoms with E-state index in [1.54, 1.807) is 7.11 Å². The van der Waals surface area contributed by atoms with Gasteiger partial charge in [-0.15, -0.1) is 11.8 Å². The van der Waals surface area contributed by atoms with Gasteiger partial charge in [-0.25, -0.2) is 4.79 Å². The van der Waals surface area contributed by atoms with Crippen LogP contribution in [-0.4, -0.2) is 24.4 Å². The molecule has 0 amide bonds. The summed E-state index contributed by atoms with van der Waals surface area (Å²) in [4.78, 5) is 13.9. The van der Waals surface area contributed by atoms with Gasteiger partial charge in [-0.2, -0.15) is 0 Å². The van der Waals surface area contributed by atoms with Crippen LogP contribution in [0.4, 0.5) is 0 Å². The molecule has 0 bridgehead atoms. The van der Waals surface area contributed by atoms with Crippen molar-refractivity contribution >= 4 is 29.5 Å². The van der Waals surface area contributed by atoms with Gasteiger partial charge in [-0.05, 0) is 30.5 Å². The minimum Gasteiger partial charge on any atom is -0.496 e. The second-order valence-corrected chi connectivity index (χ2v) is 5.82. The van der Waals surface area contributed by atoms with Crippen LogP contribution in [0.2, 0.25) is 0 Å². The lowest BCUT2D eigenvalue weighted by Crippen LogP contribution is -2.01. The monoisotopic (exact) mass is 306 g/mol. The number of benzene rings is 2. The Morgan fingerprint density at radius 1 is 1.05 bits per heavy atom. The molecule has 20 heavy (non-hydrogen) atoms. The van der Waals surface area contributed by atoms with E-state index < -0.39 is 5.97 Å². The average Bonchev–Trinajstić information content (AvgIpc) is 2.47. The summed E-state index contributed by atoms with van der Waals surface area (Å²) in [6.45, 7) is 0. The van der Waals surface area contributed by atoms with Gasteiger partial charge >= 0.3 is 5.97 Å². The van der Waals surface area contributed by atoms with Crippen molar-refractivity contribution in [3.05, 3.63) is 48.0 Å². The van der Waals surface area contributed by atoms with E-state index in [0.29, 0.717) is 10.5 Å². The van der Waals surface area contributed by atoms with Gasteiger partial charge in [0.2, 0.25) is 0 Å². The number of rotatable bonds is 5. The number of carboxylic acids is 1. The molecule has 0 spiro atoms. The number of carboxylic acid groups (broad SMARTS) is 1. The van der Waals surface area contributed by atoms with E-state index in [4.69, 9.17) is 4.74 Å². The van der Waals surface area contributed by atoms with Crippen LogP contribution in [0.1, 0.15) is 10.4 Å². The van der Waals surface area contributed by atoms with Crippen LogP contribution in [0.25, 0.3) is 0 Å². The van der Waals surface area contributed by atoms with Crippen LogP contribution in [0.3, 0.4) is 0 Å². The first-order valence-electron chi connectivity index (χ1n) is 5.88. The topological polar surface area (TPSA) is 46.5 Å². The van der Waals surface area contributed by atoms with Crippen molar-refractivity contribution < 1.29 is 14.6 Å². The van der Waals surface area contributed by atoms with Crippen LogP contribution in [-0.2, 0) is 0 Å². The Labute approximate surface area is 126 Å². The Kier molecular flexibility index (Phi) is 4.98. The molecular formula is C15H14O3S2. The predicted octanol–water partition coefficient (Wildman–Crippen LogP) is 4.27. The maximum absolute atomic E-state index is 11.5. The molecule has 0 fully saturated rings. The maximum Gasteiger partial charge on any atom is 0.337 e. The number of methoxy groups -OCH3 is 1. The first-order chi connectivity index (χ1) is 9.67. The number of aromatic carboxylic acids is 1. The number of hydrogen-bond acceptors (Lipinski definition) is 4. The molecule has 3 nitrogen and oxygen atoms in total. The molecule has 0 aromatic heterocycles. The first kappa shape index (κ1) is 14.8. The Balaban J connectivity index is 2.46. The van der Waals surface area contributed by atoms with E-state index in [9.17, 15) is 9.90 Å². The second kappa shape index (κ2) is 6.72. The number of thioether (sulfide) groups is 1. The van der Waals surface area contributed by atoms with Gasteiger partial charge in [-0.3, -0.25) is 0 Å². The normalized spacial score (nSPS) is 10.3. The average molecular weight is 306 g/mol. The smallest absolute Gasteiger partial charge is 0.337 e. The molecular weight excluding hydrogens is 292 g/mol. The number of carbonyl (C=O) groups is 1. The third-order valence-electron chi connectivity index (χ3n) is 2.71. The molecule has 0 aliphatic heterocycles. The lowest BCUT2D eigenvalue weighted by atomic mass is 10.2. The highest BCUT2D eigenvalue weighted by Gasteiger charge is 2.17. The highest BCUT2D eigenvalue weighted by Crippen LogP contribution is 2.38. The molecule has 0 heterocycles. The molecule has 2 aromatic carbocycles. The molecule has 0 aliphatic rings. The van der Waals surface area contributed by atoms with Gasteiger partial charge in [0.25, 0.3) is 0 Å². The van der Waals surface area contributed by atoms with E-state index in [0.717, 1.165) is 15.5 Å². The molecule has 2 aromatic rings. The van der Waals surface area contributed by atoms with Gasteiger partial charge in [0, 0.05) is 9.79 Å². The molecule has 0 saturated carbocycles. The van der Waals surface area contributed by atoms with Gasteiger partial charge in [-0.1, -0.05) is 30.0 Å². The summed E-state index contributed by atoms with van der Waals surface area (Å²) < 4.78 is 5.30. The zero-order valence-corrected chi connectivity index (χ0v) is 12.8. The summed E-state index contributed by atoms with van der Waals surface area (Å²) in [7, 11) is 1.61. The van der Waals surface area contributed by atoms with Crippen molar-refractivity contribution in [2.45, 2.75) is 14.7 Å². The predicted molar refractivity (Wildman–Crippen MR) is 82.3 cm³/mol. The first-order valence-corrected chi connectivity index (χ1v) is 7.92. The second-order valence-electron chi connectivity index (χ2n) is 3.89. The fraction of sp³-hybridized carbons (Fsp3) is 0.133. The molecule has 0 atom stereocenters. The summed E-state index contributed by atoms with van der Waals surface area (Å²) in [5.41, 5.74) is 0.343. The Morgan fingerprint density at radius 2 is 1.70 bits per heavy atom. The SMILES string of the molecule is COc1ccccc1Sc1cccc(SC)c1C(=O)O. The fourth-order valence-corrected chi connectivity index (χ4v) is 3.56. The number of ether oxygens (including phenoxy) is 1. The van der Waals surface area contributed by atoms with Crippen molar-refractivity contribution in [1.82, 2.24) is 0 Å². The Bertz CT molecular complexity index is 626. The molecule has 5 heteroatoms. The maximum atomic E-state index is 11.5. The summed E-state index contributed by atoms with van der Waals surface area (Å²) in [6, 6.07) is 13.1. The highest BCUT2D eigenvalue weighted by atomic mass is 32.2. The standard InChI is InChI=1S/C15H14O3S2/c1-18-10-6-3-4-7-11(10)20-13-9-5-8-12(19-2)14(13)15(16)17/h3-9H,1-2H3,(H,16,17). The number of para-hydroxylation sites is 1. The summed E-state index contributed by atoms with van der Waals surface area (Å²) in [6.07, 6.45) is 1.87. The van der Waals surface area contributed by atoms with Crippen LogP contribution >= 0.6 is 23.5 Å². The summed E-state index contributed by atoms with van der Waals surface area (Å²) >= 11 is 2.84. The third-order valence-corrected chi connectivity index (χ3v) is 4.61. The quantitative estimate of drug-likeness (QED) is 0.836. The third kappa shape index (κ3) is 3.11. The minimum absolute atomic E-state index is 0.343. The largest absolute Gasteiger partial charge is 0.496 e.